The van der Waals surface area contributed by atoms with Crippen molar-refractivity contribution in [2.75, 3.05) is 0 Å². The fourth-order valence-electron chi connectivity index (χ4n) is 3.47. The number of rotatable bonds is 6. The second-order valence-electron chi connectivity index (χ2n) is 6.77. The number of hydrogen-bond donors (Lipinski definition) is 0. The highest BCUT2D eigenvalue weighted by Gasteiger charge is 2.61. The summed E-state index contributed by atoms with van der Waals surface area (Å²) in [5.41, 5.74) is -0.298. The predicted octanol–water partition coefficient (Wildman–Crippen LogP) is 3.85. The van der Waals surface area contributed by atoms with E-state index in [0.717, 1.165) is 38.5 Å². The smallest absolute Gasteiger partial charge is 0.306 e. The first-order valence-corrected chi connectivity index (χ1v) is 7.81. The van der Waals surface area contributed by atoms with Gasteiger partial charge in [-0.25, -0.2) is 0 Å². The molecule has 2 aliphatic rings. The van der Waals surface area contributed by atoms with Gasteiger partial charge < -0.3 is 9.47 Å². The average molecular weight is 268 g/mol. The predicted molar refractivity (Wildman–Crippen MR) is 74.9 cm³/mol. The minimum Gasteiger partial charge on any atom is -0.459 e. The average Bonchev–Trinajstić information content (AvgIpc) is 2.82. The molecule has 3 nitrogen and oxygen atoms in total. The number of ether oxygens (including phenoxy) is 2. The van der Waals surface area contributed by atoms with Crippen LogP contribution >= 0.6 is 0 Å². The van der Waals surface area contributed by atoms with Crippen LogP contribution in [-0.4, -0.2) is 23.3 Å². The van der Waals surface area contributed by atoms with E-state index >= 15 is 0 Å². The molecule has 0 unspecified atom stereocenters. The molecule has 0 aromatic rings. The van der Waals surface area contributed by atoms with Crippen molar-refractivity contribution < 1.29 is 14.3 Å². The standard InChI is InChI=1S/C16H28O3/c1-5-6-7-8-14(17)18-13-11-16(12(2)3)10-9-15(13,4)19-16/h12-13H,5-11H2,1-4H3/t13-,15-,16-/m1/s1. The molecule has 2 bridgehead atoms. The lowest BCUT2D eigenvalue weighted by molar-refractivity contribution is -0.157. The Morgan fingerprint density at radius 2 is 2.11 bits per heavy atom. The normalized spacial score (nSPS) is 37.0. The van der Waals surface area contributed by atoms with Crippen molar-refractivity contribution in [2.45, 2.75) is 89.9 Å². The summed E-state index contributed by atoms with van der Waals surface area (Å²) < 4.78 is 12.0. The summed E-state index contributed by atoms with van der Waals surface area (Å²) in [5, 5.41) is 0. The van der Waals surface area contributed by atoms with Crippen LogP contribution in [0.1, 0.15) is 72.6 Å². The fraction of sp³-hybridized carbons (Fsp3) is 0.938. The monoisotopic (exact) mass is 268 g/mol. The molecule has 0 saturated carbocycles. The molecule has 0 aliphatic carbocycles. The van der Waals surface area contributed by atoms with Crippen LogP contribution in [0.2, 0.25) is 0 Å². The summed E-state index contributed by atoms with van der Waals surface area (Å²) in [5.74, 6) is 0.438. The summed E-state index contributed by atoms with van der Waals surface area (Å²) in [6.45, 7) is 8.66. The van der Waals surface area contributed by atoms with E-state index in [1.54, 1.807) is 0 Å². The summed E-state index contributed by atoms with van der Waals surface area (Å²) in [6, 6.07) is 0. The van der Waals surface area contributed by atoms with Gasteiger partial charge in [0.05, 0.1) is 5.60 Å². The third-order valence-electron chi connectivity index (χ3n) is 5.00. The van der Waals surface area contributed by atoms with Crippen LogP contribution in [-0.2, 0) is 14.3 Å². The Balaban J connectivity index is 1.90. The van der Waals surface area contributed by atoms with E-state index in [9.17, 15) is 4.79 Å². The van der Waals surface area contributed by atoms with Crippen molar-refractivity contribution in [3.05, 3.63) is 0 Å². The van der Waals surface area contributed by atoms with Crippen LogP contribution in [0.3, 0.4) is 0 Å². The first kappa shape index (κ1) is 14.8. The molecule has 110 valence electrons. The lowest BCUT2D eigenvalue weighted by Crippen LogP contribution is -2.39. The molecule has 2 aliphatic heterocycles. The number of unbranched alkanes of at least 4 members (excludes halogenated alkanes) is 2. The fourth-order valence-corrected chi connectivity index (χ4v) is 3.47. The molecule has 3 heteroatoms. The van der Waals surface area contributed by atoms with Gasteiger partial charge in [-0.05, 0) is 32.1 Å². The van der Waals surface area contributed by atoms with Gasteiger partial charge in [0.1, 0.15) is 11.7 Å². The molecule has 0 N–H and O–H groups in total. The maximum Gasteiger partial charge on any atom is 0.306 e. The van der Waals surface area contributed by atoms with Gasteiger partial charge in [-0.2, -0.15) is 0 Å². The molecule has 0 aromatic carbocycles. The molecule has 2 heterocycles. The van der Waals surface area contributed by atoms with E-state index < -0.39 is 0 Å². The zero-order chi connectivity index (χ0) is 14.1. The maximum atomic E-state index is 11.9. The summed E-state index contributed by atoms with van der Waals surface area (Å²) >= 11 is 0. The van der Waals surface area contributed by atoms with Gasteiger partial charge in [0.15, 0.2) is 0 Å². The molecular weight excluding hydrogens is 240 g/mol. The van der Waals surface area contributed by atoms with Crippen LogP contribution in [0.15, 0.2) is 0 Å². The molecule has 0 spiro atoms. The number of fused-ring (bicyclic) bond motifs is 2. The van der Waals surface area contributed by atoms with Crippen LogP contribution < -0.4 is 0 Å². The molecule has 19 heavy (non-hydrogen) atoms. The van der Waals surface area contributed by atoms with Crippen LogP contribution in [0.4, 0.5) is 0 Å². The number of carbonyl (C=O) groups excluding carboxylic acids is 1. The summed E-state index contributed by atoms with van der Waals surface area (Å²) in [7, 11) is 0. The van der Waals surface area contributed by atoms with Gasteiger partial charge >= 0.3 is 5.97 Å². The topological polar surface area (TPSA) is 35.5 Å². The Morgan fingerprint density at radius 1 is 1.37 bits per heavy atom. The minimum absolute atomic E-state index is 0.0437. The zero-order valence-electron chi connectivity index (χ0n) is 12.8. The van der Waals surface area contributed by atoms with E-state index in [4.69, 9.17) is 9.47 Å². The lowest BCUT2D eigenvalue weighted by atomic mass is 9.75. The maximum absolute atomic E-state index is 11.9. The van der Waals surface area contributed by atoms with E-state index in [0.29, 0.717) is 12.3 Å². The van der Waals surface area contributed by atoms with Crippen molar-refractivity contribution >= 4 is 5.97 Å². The molecule has 0 radical (unpaired) electrons. The highest BCUT2D eigenvalue weighted by atomic mass is 16.6. The van der Waals surface area contributed by atoms with Crippen LogP contribution in [0, 0.1) is 5.92 Å². The quantitative estimate of drug-likeness (QED) is 0.542. The second kappa shape index (κ2) is 5.43. The second-order valence-corrected chi connectivity index (χ2v) is 6.77. The first-order chi connectivity index (χ1) is 8.92. The van der Waals surface area contributed by atoms with E-state index in [-0.39, 0.29) is 23.3 Å². The Kier molecular flexibility index (Phi) is 4.24. The molecule has 0 aromatic heterocycles. The minimum atomic E-state index is -0.245. The first-order valence-electron chi connectivity index (χ1n) is 7.81. The Morgan fingerprint density at radius 3 is 2.68 bits per heavy atom. The largest absolute Gasteiger partial charge is 0.459 e. The van der Waals surface area contributed by atoms with Gasteiger partial charge in [-0.3, -0.25) is 4.79 Å². The number of esters is 1. The van der Waals surface area contributed by atoms with Gasteiger partial charge in [0.2, 0.25) is 0 Å². The Bertz CT molecular complexity index is 339. The zero-order valence-corrected chi connectivity index (χ0v) is 12.8. The van der Waals surface area contributed by atoms with E-state index in [1.807, 2.05) is 0 Å². The molecule has 2 fully saturated rings. The highest BCUT2D eigenvalue weighted by molar-refractivity contribution is 5.69. The molecule has 2 rings (SSSR count). The lowest BCUT2D eigenvalue weighted by Gasteiger charge is -2.31. The van der Waals surface area contributed by atoms with Gasteiger partial charge in [0, 0.05) is 12.8 Å². The molecular formula is C16H28O3. The number of hydrogen-bond acceptors (Lipinski definition) is 3. The van der Waals surface area contributed by atoms with Crippen molar-refractivity contribution in [3.8, 4) is 0 Å². The Hall–Kier alpha value is -0.570. The molecule has 0 amide bonds. The van der Waals surface area contributed by atoms with Crippen molar-refractivity contribution in [1.82, 2.24) is 0 Å². The SMILES string of the molecule is CCCCCC(=O)O[C@@H]1C[C@@]2(C(C)C)CC[C@@]1(C)O2. The van der Waals surface area contributed by atoms with E-state index in [1.165, 1.54) is 0 Å². The molecule has 3 atom stereocenters. The van der Waals surface area contributed by atoms with E-state index in [2.05, 4.69) is 27.7 Å². The van der Waals surface area contributed by atoms with Gasteiger partial charge in [-0.1, -0.05) is 33.6 Å². The summed E-state index contributed by atoms with van der Waals surface area (Å²) in [4.78, 5) is 11.9. The third kappa shape index (κ3) is 2.81. The van der Waals surface area contributed by atoms with Crippen molar-refractivity contribution in [2.24, 2.45) is 5.92 Å². The third-order valence-corrected chi connectivity index (χ3v) is 5.00. The Labute approximate surface area is 117 Å². The highest BCUT2D eigenvalue weighted by Crippen LogP contribution is 2.55. The van der Waals surface area contributed by atoms with Gasteiger partial charge in [-0.15, -0.1) is 0 Å². The molecule has 2 saturated heterocycles. The van der Waals surface area contributed by atoms with Crippen LogP contribution in [0.25, 0.3) is 0 Å². The van der Waals surface area contributed by atoms with Crippen LogP contribution in [0.5, 0.6) is 0 Å². The van der Waals surface area contributed by atoms with Crippen molar-refractivity contribution in [1.29, 1.82) is 0 Å². The van der Waals surface area contributed by atoms with Crippen molar-refractivity contribution in [3.63, 3.8) is 0 Å². The van der Waals surface area contributed by atoms with Gasteiger partial charge in [0.25, 0.3) is 0 Å². The summed E-state index contributed by atoms with van der Waals surface area (Å²) in [6.07, 6.45) is 6.67. The number of carbonyl (C=O) groups is 1.